The van der Waals surface area contributed by atoms with Crippen LogP contribution in [-0.4, -0.2) is 17.4 Å². The Hall–Kier alpha value is -2.05. The van der Waals surface area contributed by atoms with E-state index in [2.05, 4.69) is 10.3 Å². The lowest BCUT2D eigenvalue weighted by Crippen LogP contribution is -2.27. The number of nitrogens with one attached hydrogen (secondary N) is 1. The van der Waals surface area contributed by atoms with Crippen molar-refractivity contribution in [1.29, 1.82) is 0 Å². The van der Waals surface area contributed by atoms with E-state index < -0.39 is 0 Å². The molecular formula is C17H15FN2OS2. The molecule has 0 bridgehead atoms. The number of hydrogen-bond donors (Lipinski definition) is 1. The molecule has 0 fully saturated rings. The van der Waals surface area contributed by atoms with Crippen molar-refractivity contribution in [1.82, 2.24) is 10.3 Å². The average molecular weight is 346 g/mol. The second-order valence-electron chi connectivity index (χ2n) is 5.02. The number of amides is 1. The molecule has 1 aromatic carbocycles. The lowest BCUT2D eigenvalue weighted by Gasteiger charge is -2.04. The van der Waals surface area contributed by atoms with Gasteiger partial charge in [0.2, 0.25) is 5.91 Å². The summed E-state index contributed by atoms with van der Waals surface area (Å²) in [6, 6.07) is 10.3. The monoisotopic (exact) mass is 346 g/mol. The highest BCUT2D eigenvalue weighted by Crippen LogP contribution is 2.27. The molecule has 0 saturated carbocycles. The Morgan fingerprint density at radius 2 is 2.00 bits per heavy atom. The topological polar surface area (TPSA) is 42.0 Å². The standard InChI is InChI=1S/C17H15FN2OS2/c18-13-5-3-12(4-6-13)7-8-19-16(21)10-14-11-23-17(20-14)15-2-1-9-22-15/h1-6,9,11H,7-8,10H2,(H,19,21). The van der Waals surface area contributed by atoms with Gasteiger partial charge in [0.1, 0.15) is 10.8 Å². The van der Waals surface area contributed by atoms with Gasteiger partial charge in [0, 0.05) is 11.9 Å². The van der Waals surface area contributed by atoms with Crippen LogP contribution in [0.4, 0.5) is 4.39 Å². The molecule has 0 radical (unpaired) electrons. The van der Waals surface area contributed by atoms with Gasteiger partial charge < -0.3 is 5.32 Å². The molecule has 3 nitrogen and oxygen atoms in total. The molecule has 23 heavy (non-hydrogen) atoms. The second kappa shape index (κ2) is 7.48. The Kier molecular flexibility index (Phi) is 5.15. The van der Waals surface area contributed by atoms with Crippen LogP contribution in [0.1, 0.15) is 11.3 Å². The van der Waals surface area contributed by atoms with E-state index in [4.69, 9.17) is 0 Å². The van der Waals surface area contributed by atoms with Gasteiger partial charge in [0.25, 0.3) is 0 Å². The molecule has 1 amide bonds. The van der Waals surface area contributed by atoms with Crippen LogP contribution in [0.2, 0.25) is 0 Å². The molecule has 0 aliphatic heterocycles. The Morgan fingerprint density at radius 3 is 2.74 bits per heavy atom. The average Bonchev–Trinajstić information content (AvgIpc) is 3.20. The lowest BCUT2D eigenvalue weighted by molar-refractivity contribution is -0.120. The molecule has 2 aromatic heterocycles. The minimum Gasteiger partial charge on any atom is -0.355 e. The summed E-state index contributed by atoms with van der Waals surface area (Å²) >= 11 is 3.20. The minimum atomic E-state index is -0.247. The smallest absolute Gasteiger partial charge is 0.226 e. The number of benzene rings is 1. The minimum absolute atomic E-state index is 0.0462. The molecule has 6 heteroatoms. The van der Waals surface area contributed by atoms with Gasteiger partial charge in [0.15, 0.2) is 0 Å². The van der Waals surface area contributed by atoms with Crippen LogP contribution < -0.4 is 5.32 Å². The molecule has 3 aromatic rings. The maximum absolute atomic E-state index is 12.8. The number of thiophene rings is 1. The van der Waals surface area contributed by atoms with E-state index in [-0.39, 0.29) is 18.1 Å². The van der Waals surface area contributed by atoms with Gasteiger partial charge in [-0.15, -0.1) is 22.7 Å². The zero-order chi connectivity index (χ0) is 16.1. The van der Waals surface area contributed by atoms with Crippen LogP contribution in [0.5, 0.6) is 0 Å². The highest BCUT2D eigenvalue weighted by Gasteiger charge is 2.09. The van der Waals surface area contributed by atoms with Gasteiger partial charge in [-0.1, -0.05) is 18.2 Å². The fourth-order valence-electron chi connectivity index (χ4n) is 2.13. The van der Waals surface area contributed by atoms with Crippen molar-refractivity contribution in [3.05, 3.63) is 64.2 Å². The predicted octanol–water partition coefficient (Wildman–Crippen LogP) is 3.91. The maximum Gasteiger partial charge on any atom is 0.226 e. The van der Waals surface area contributed by atoms with Crippen molar-refractivity contribution in [2.45, 2.75) is 12.8 Å². The molecule has 0 unspecified atom stereocenters. The third-order valence-corrected chi connectivity index (χ3v) is 5.20. The first-order valence-corrected chi connectivity index (χ1v) is 8.96. The Labute approximate surface area is 141 Å². The molecular weight excluding hydrogens is 331 g/mol. The maximum atomic E-state index is 12.8. The third kappa shape index (κ3) is 4.46. The van der Waals surface area contributed by atoms with Crippen LogP contribution in [0.25, 0.3) is 9.88 Å². The number of rotatable bonds is 6. The van der Waals surface area contributed by atoms with Crippen molar-refractivity contribution in [2.24, 2.45) is 0 Å². The van der Waals surface area contributed by atoms with Crippen LogP contribution in [0.3, 0.4) is 0 Å². The van der Waals surface area contributed by atoms with E-state index in [1.165, 1.54) is 12.1 Å². The zero-order valence-corrected chi connectivity index (χ0v) is 13.9. The van der Waals surface area contributed by atoms with Crippen molar-refractivity contribution in [3.8, 4) is 9.88 Å². The van der Waals surface area contributed by atoms with Crippen LogP contribution in [0, 0.1) is 5.82 Å². The van der Waals surface area contributed by atoms with E-state index in [0.717, 1.165) is 21.1 Å². The van der Waals surface area contributed by atoms with Crippen LogP contribution in [0.15, 0.2) is 47.2 Å². The fourth-order valence-corrected chi connectivity index (χ4v) is 3.76. The van der Waals surface area contributed by atoms with Crippen molar-refractivity contribution < 1.29 is 9.18 Å². The zero-order valence-electron chi connectivity index (χ0n) is 12.3. The molecule has 0 atom stereocenters. The second-order valence-corrected chi connectivity index (χ2v) is 6.83. The fraction of sp³-hybridized carbons (Fsp3) is 0.176. The van der Waals surface area contributed by atoms with Gasteiger partial charge in [-0.3, -0.25) is 4.79 Å². The van der Waals surface area contributed by atoms with Crippen LogP contribution >= 0.6 is 22.7 Å². The normalized spacial score (nSPS) is 10.7. The molecule has 2 heterocycles. The van der Waals surface area contributed by atoms with E-state index in [1.54, 1.807) is 34.8 Å². The first-order chi connectivity index (χ1) is 11.2. The van der Waals surface area contributed by atoms with Gasteiger partial charge in [-0.25, -0.2) is 9.37 Å². The Balaban J connectivity index is 1.47. The highest BCUT2D eigenvalue weighted by atomic mass is 32.1. The SMILES string of the molecule is O=C(Cc1csc(-c2cccs2)n1)NCCc1ccc(F)cc1. The summed E-state index contributed by atoms with van der Waals surface area (Å²) in [6.07, 6.45) is 0.967. The highest BCUT2D eigenvalue weighted by molar-refractivity contribution is 7.20. The van der Waals surface area contributed by atoms with E-state index >= 15 is 0 Å². The molecule has 0 aliphatic carbocycles. The number of aromatic nitrogens is 1. The molecule has 0 spiro atoms. The van der Waals surface area contributed by atoms with Crippen molar-refractivity contribution in [2.75, 3.05) is 6.54 Å². The summed E-state index contributed by atoms with van der Waals surface area (Å²) in [6.45, 7) is 0.534. The number of nitrogens with zero attached hydrogens (tertiary/aromatic N) is 1. The molecule has 0 saturated heterocycles. The van der Waals surface area contributed by atoms with Gasteiger partial charge in [-0.2, -0.15) is 0 Å². The predicted molar refractivity (Wildman–Crippen MR) is 92.2 cm³/mol. The number of carbonyl (C=O) groups excluding carboxylic acids is 1. The van der Waals surface area contributed by atoms with E-state index in [1.807, 2.05) is 22.9 Å². The number of hydrogen-bond acceptors (Lipinski definition) is 4. The Bertz CT molecular complexity index is 766. The summed E-state index contributed by atoms with van der Waals surface area (Å²) in [7, 11) is 0. The summed E-state index contributed by atoms with van der Waals surface area (Å²) in [5.41, 5.74) is 1.79. The van der Waals surface area contributed by atoms with E-state index in [9.17, 15) is 9.18 Å². The molecule has 1 N–H and O–H groups in total. The Morgan fingerprint density at radius 1 is 1.17 bits per heavy atom. The largest absolute Gasteiger partial charge is 0.355 e. The number of thiazole rings is 1. The van der Waals surface area contributed by atoms with E-state index in [0.29, 0.717) is 13.0 Å². The van der Waals surface area contributed by atoms with Gasteiger partial charge >= 0.3 is 0 Å². The third-order valence-electron chi connectivity index (χ3n) is 3.27. The lowest BCUT2D eigenvalue weighted by atomic mass is 10.1. The summed E-state index contributed by atoms with van der Waals surface area (Å²) in [4.78, 5) is 17.6. The molecule has 3 rings (SSSR count). The molecule has 0 aliphatic rings. The molecule has 118 valence electrons. The van der Waals surface area contributed by atoms with Gasteiger partial charge in [0.05, 0.1) is 17.0 Å². The number of carbonyl (C=O) groups is 1. The van der Waals surface area contributed by atoms with Crippen molar-refractivity contribution >= 4 is 28.6 Å². The first kappa shape index (κ1) is 15.8. The van der Waals surface area contributed by atoms with Crippen LogP contribution in [-0.2, 0) is 17.6 Å². The first-order valence-electron chi connectivity index (χ1n) is 7.20. The quantitative estimate of drug-likeness (QED) is 0.735. The summed E-state index contributed by atoms with van der Waals surface area (Å²) in [5, 5.41) is 7.76. The summed E-state index contributed by atoms with van der Waals surface area (Å²) in [5.74, 6) is -0.294. The summed E-state index contributed by atoms with van der Waals surface area (Å²) < 4.78 is 12.8. The van der Waals surface area contributed by atoms with Crippen molar-refractivity contribution in [3.63, 3.8) is 0 Å². The van der Waals surface area contributed by atoms with Gasteiger partial charge in [-0.05, 0) is 35.6 Å². The number of halogens is 1.